The smallest absolute Gasteiger partial charge is 0.337 e. The van der Waals surface area contributed by atoms with E-state index in [2.05, 4.69) is 26.8 Å². The van der Waals surface area contributed by atoms with Crippen LogP contribution in [-0.2, 0) is 12.5 Å². The number of benzene rings is 1. The van der Waals surface area contributed by atoms with Crippen molar-refractivity contribution >= 4 is 16.9 Å². The summed E-state index contributed by atoms with van der Waals surface area (Å²) in [5.41, 5.74) is 2.30. The van der Waals surface area contributed by atoms with Crippen molar-refractivity contribution in [2.75, 3.05) is 0 Å². The number of aromatic carboxylic acids is 1. The molecule has 0 unspecified atom stereocenters. The van der Waals surface area contributed by atoms with Crippen LogP contribution in [0.15, 0.2) is 24.3 Å². The summed E-state index contributed by atoms with van der Waals surface area (Å²) in [6.07, 6.45) is 0. The lowest BCUT2D eigenvalue weighted by molar-refractivity contribution is 0.0698. The molecule has 0 bridgehead atoms. The molecule has 0 saturated carbocycles. The molecule has 1 N–H and O–H groups in total. The van der Waals surface area contributed by atoms with Crippen molar-refractivity contribution in [1.82, 2.24) is 4.57 Å². The molecule has 0 spiro atoms. The lowest BCUT2D eigenvalue weighted by Gasteiger charge is -2.19. The van der Waals surface area contributed by atoms with Gasteiger partial charge in [-0.25, -0.2) is 4.79 Å². The number of para-hydroxylation sites is 1. The van der Waals surface area contributed by atoms with Gasteiger partial charge in [-0.1, -0.05) is 32.9 Å². The zero-order chi connectivity index (χ0) is 12.8. The molecule has 2 rings (SSSR count). The van der Waals surface area contributed by atoms with Crippen LogP contribution in [0.1, 0.15) is 36.8 Å². The molecule has 90 valence electrons. The van der Waals surface area contributed by atoms with Gasteiger partial charge in [0.1, 0.15) is 0 Å². The highest BCUT2D eigenvalue weighted by Gasteiger charge is 2.21. The third-order valence-corrected chi connectivity index (χ3v) is 3.06. The number of aryl methyl sites for hydroxylation is 1. The average Bonchev–Trinajstić information content (AvgIpc) is 2.55. The van der Waals surface area contributed by atoms with Crippen LogP contribution >= 0.6 is 0 Å². The first kappa shape index (κ1) is 11.7. The summed E-state index contributed by atoms with van der Waals surface area (Å²) in [7, 11) is 1.93. The Morgan fingerprint density at radius 2 is 1.94 bits per heavy atom. The second kappa shape index (κ2) is 3.62. The van der Waals surface area contributed by atoms with E-state index in [1.807, 2.05) is 17.7 Å². The fourth-order valence-corrected chi connectivity index (χ4v) is 2.31. The Hall–Kier alpha value is -1.77. The Labute approximate surface area is 101 Å². The van der Waals surface area contributed by atoms with Gasteiger partial charge in [-0.15, -0.1) is 0 Å². The number of rotatable bonds is 1. The largest absolute Gasteiger partial charge is 0.478 e. The van der Waals surface area contributed by atoms with Gasteiger partial charge in [-0.3, -0.25) is 0 Å². The Bertz CT molecular complexity index is 588. The van der Waals surface area contributed by atoms with Crippen LogP contribution < -0.4 is 0 Å². The fraction of sp³-hybridized carbons (Fsp3) is 0.357. The number of hydrogen-bond acceptors (Lipinski definition) is 1. The van der Waals surface area contributed by atoms with Gasteiger partial charge < -0.3 is 9.67 Å². The predicted molar refractivity (Wildman–Crippen MR) is 68.6 cm³/mol. The molecule has 0 saturated heterocycles. The molecule has 0 aliphatic rings. The highest BCUT2D eigenvalue weighted by molar-refractivity contribution is 6.02. The molecule has 0 amide bonds. The third-order valence-electron chi connectivity index (χ3n) is 3.06. The minimum atomic E-state index is -0.878. The molecule has 3 nitrogen and oxygen atoms in total. The number of aromatic nitrogens is 1. The monoisotopic (exact) mass is 231 g/mol. The number of fused-ring (bicyclic) bond motifs is 1. The Morgan fingerprint density at radius 3 is 2.47 bits per heavy atom. The zero-order valence-corrected chi connectivity index (χ0v) is 10.6. The van der Waals surface area contributed by atoms with E-state index in [9.17, 15) is 9.90 Å². The van der Waals surface area contributed by atoms with Crippen molar-refractivity contribution < 1.29 is 9.90 Å². The second-order valence-corrected chi connectivity index (χ2v) is 5.39. The van der Waals surface area contributed by atoms with Gasteiger partial charge in [0.2, 0.25) is 0 Å². The van der Waals surface area contributed by atoms with Crippen LogP contribution in [0.3, 0.4) is 0 Å². The molecular formula is C14H17NO2. The highest BCUT2D eigenvalue weighted by atomic mass is 16.4. The van der Waals surface area contributed by atoms with Gasteiger partial charge in [0.15, 0.2) is 0 Å². The fourth-order valence-electron chi connectivity index (χ4n) is 2.31. The van der Waals surface area contributed by atoms with E-state index in [0.29, 0.717) is 5.56 Å². The van der Waals surface area contributed by atoms with E-state index in [1.165, 1.54) is 0 Å². The van der Waals surface area contributed by atoms with E-state index in [1.54, 1.807) is 12.1 Å². The van der Waals surface area contributed by atoms with Crippen LogP contribution in [0.4, 0.5) is 0 Å². The lowest BCUT2D eigenvalue weighted by atomic mass is 9.92. The summed E-state index contributed by atoms with van der Waals surface area (Å²) in [4.78, 5) is 11.2. The van der Waals surface area contributed by atoms with Crippen molar-refractivity contribution in [3.05, 3.63) is 35.5 Å². The molecule has 0 fully saturated rings. The quantitative estimate of drug-likeness (QED) is 0.819. The maximum absolute atomic E-state index is 11.2. The molecule has 1 aromatic carbocycles. The van der Waals surface area contributed by atoms with Crippen LogP contribution in [0, 0.1) is 0 Å². The number of carbonyl (C=O) groups is 1. The first-order valence-electron chi connectivity index (χ1n) is 5.64. The summed E-state index contributed by atoms with van der Waals surface area (Å²) < 4.78 is 1.98. The van der Waals surface area contributed by atoms with Gasteiger partial charge in [0.05, 0.1) is 11.1 Å². The Balaban J connectivity index is 2.84. The van der Waals surface area contributed by atoms with E-state index in [-0.39, 0.29) is 5.41 Å². The molecule has 0 radical (unpaired) electrons. The van der Waals surface area contributed by atoms with Gasteiger partial charge in [-0.05, 0) is 12.1 Å². The number of nitrogens with zero attached hydrogens (tertiary/aromatic N) is 1. The molecule has 1 heterocycles. The first-order chi connectivity index (χ1) is 7.82. The standard InChI is InChI=1S/C14H17NO2/c1-14(2,3)11-8-9-6-5-7-10(13(16)17)12(9)15(11)4/h5-8H,1-4H3,(H,16,17). The van der Waals surface area contributed by atoms with Gasteiger partial charge in [-0.2, -0.15) is 0 Å². The SMILES string of the molecule is Cn1c(C(C)(C)C)cc2cccc(C(=O)O)c21. The second-order valence-electron chi connectivity index (χ2n) is 5.39. The number of hydrogen-bond donors (Lipinski definition) is 1. The molecule has 2 aromatic rings. The Kier molecular flexibility index (Phi) is 2.49. The van der Waals surface area contributed by atoms with E-state index >= 15 is 0 Å². The lowest BCUT2D eigenvalue weighted by Crippen LogP contribution is -2.16. The molecule has 3 heteroatoms. The van der Waals surface area contributed by atoms with E-state index in [4.69, 9.17) is 0 Å². The molecule has 17 heavy (non-hydrogen) atoms. The molecule has 0 atom stereocenters. The topological polar surface area (TPSA) is 42.2 Å². The Morgan fingerprint density at radius 1 is 1.29 bits per heavy atom. The van der Waals surface area contributed by atoms with Gasteiger partial charge in [0, 0.05) is 23.5 Å². The molecule has 1 aromatic heterocycles. The van der Waals surface area contributed by atoms with E-state index < -0.39 is 5.97 Å². The van der Waals surface area contributed by atoms with Gasteiger partial charge >= 0.3 is 5.97 Å². The highest BCUT2D eigenvalue weighted by Crippen LogP contribution is 2.30. The molecule has 0 aliphatic carbocycles. The van der Waals surface area contributed by atoms with Crippen molar-refractivity contribution in [3.63, 3.8) is 0 Å². The zero-order valence-electron chi connectivity index (χ0n) is 10.6. The normalized spacial score (nSPS) is 12.0. The van der Waals surface area contributed by atoms with Crippen LogP contribution in [-0.4, -0.2) is 15.6 Å². The van der Waals surface area contributed by atoms with Crippen molar-refractivity contribution in [1.29, 1.82) is 0 Å². The summed E-state index contributed by atoms with van der Waals surface area (Å²) in [6, 6.07) is 7.47. The maximum Gasteiger partial charge on any atom is 0.337 e. The summed E-state index contributed by atoms with van der Waals surface area (Å²) in [5, 5.41) is 10.2. The minimum Gasteiger partial charge on any atom is -0.478 e. The third kappa shape index (κ3) is 1.82. The van der Waals surface area contributed by atoms with Crippen molar-refractivity contribution in [2.24, 2.45) is 7.05 Å². The number of carboxylic acid groups (broad SMARTS) is 1. The molecular weight excluding hydrogens is 214 g/mol. The van der Waals surface area contributed by atoms with Crippen LogP contribution in [0.2, 0.25) is 0 Å². The summed E-state index contributed by atoms with van der Waals surface area (Å²) in [6.45, 7) is 6.38. The molecule has 0 aliphatic heterocycles. The first-order valence-corrected chi connectivity index (χ1v) is 5.64. The van der Waals surface area contributed by atoms with Gasteiger partial charge in [0.25, 0.3) is 0 Å². The van der Waals surface area contributed by atoms with Crippen molar-refractivity contribution in [3.8, 4) is 0 Å². The maximum atomic E-state index is 11.2. The van der Waals surface area contributed by atoms with Crippen LogP contribution in [0.25, 0.3) is 10.9 Å². The minimum absolute atomic E-state index is 0.00352. The van der Waals surface area contributed by atoms with E-state index in [0.717, 1.165) is 16.6 Å². The predicted octanol–water partition coefficient (Wildman–Crippen LogP) is 3.17. The number of carboxylic acids is 1. The summed E-state index contributed by atoms with van der Waals surface area (Å²) in [5.74, 6) is -0.878. The van der Waals surface area contributed by atoms with Crippen LogP contribution in [0.5, 0.6) is 0 Å². The average molecular weight is 231 g/mol. The summed E-state index contributed by atoms with van der Waals surface area (Å²) >= 11 is 0. The van der Waals surface area contributed by atoms with Crippen molar-refractivity contribution in [2.45, 2.75) is 26.2 Å².